The topological polar surface area (TPSA) is 50.7 Å². The average Bonchev–Trinajstić information content (AvgIpc) is 2.76. The molecule has 0 amide bonds. The van der Waals surface area contributed by atoms with Gasteiger partial charge >= 0.3 is 0 Å². The summed E-state index contributed by atoms with van der Waals surface area (Å²) in [5.41, 5.74) is 0.391. The number of benzene rings is 1. The highest BCUT2D eigenvalue weighted by atomic mass is 16.5. The van der Waals surface area contributed by atoms with Crippen LogP contribution >= 0.6 is 0 Å². The lowest BCUT2D eigenvalue weighted by molar-refractivity contribution is -0.0274. The number of nitrogens with one attached hydrogen (secondary N) is 1. The fraction of sp³-hybridized carbons (Fsp3) is 0.600. The zero-order valence-corrected chi connectivity index (χ0v) is 11.8. The average molecular weight is 265 g/mol. The normalized spacial score (nSPS) is 28.3. The second kappa shape index (κ2) is 5.90. The van der Waals surface area contributed by atoms with E-state index in [0.717, 1.165) is 11.3 Å². The Labute approximate surface area is 114 Å². The van der Waals surface area contributed by atoms with E-state index in [-0.39, 0.29) is 12.1 Å². The minimum absolute atomic E-state index is 0.113. The highest BCUT2D eigenvalue weighted by molar-refractivity contribution is 5.30. The Balaban J connectivity index is 1.95. The molecule has 0 aliphatic carbocycles. The molecule has 2 rings (SSSR count). The maximum Gasteiger partial charge on any atom is 0.119 e. The maximum atomic E-state index is 10.4. The molecule has 3 unspecified atom stereocenters. The molecule has 3 atom stereocenters. The third kappa shape index (κ3) is 3.26. The first kappa shape index (κ1) is 14.3. The standard InChI is InChI=1S/C15H23NO3/c1-11(13-5-4-6-14(9-13)18-3)16-10-15(17)7-8-19-12(15)2/h4-6,9,11-12,16-17H,7-8,10H2,1-3H3. The molecule has 4 heteroatoms. The van der Waals surface area contributed by atoms with Gasteiger partial charge in [0.25, 0.3) is 0 Å². The number of ether oxygens (including phenoxy) is 2. The van der Waals surface area contributed by atoms with E-state index in [2.05, 4.69) is 18.3 Å². The van der Waals surface area contributed by atoms with Crippen molar-refractivity contribution in [1.29, 1.82) is 0 Å². The van der Waals surface area contributed by atoms with Gasteiger partial charge in [0.05, 0.1) is 13.2 Å². The third-order valence-corrected chi connectivity index (χ3v) is 3.97. The van der Waals surface area contributed by atoms with Crippen molar-refractivity contribution in [2.24, 2.45) is 0 Å². The summed E-state index contributed by atoms with van der Waals surface area (Å²) >= 11 is 0. The molecular weight excluding hydrogens is 242 g/mol. The first-order valence-corrected chi connectivity index (χ1v) is 6.76. The van der Waals surface area contributed by atoms with Crippen LogP contribution in [0.4, 0.5) is 0 Å². The van der Waals surface area contributed by atoms with Gasteiger partial charge in [0.2, 0.25) is 0 Å². The third-order valence-electron chi connectivity index (χ3n) is 3.97. The maximum absolute atomic E-state index is 10.4. The van der Waals surface area contributed by atoms with Gasteiger partial charge in [0.15, 0.2) is 0 Å². The van der Waals surface area contributed by atoms with Gasteiger partial charge in [-0.05, 0) is 31.5 Å². The lowest BCUT2D eigenvalue weighted by Crippen LogP contribution is -2.46. The minimum Gasteiger partial charge on any atom is -0.497 e. The molecule has 0 spiro atoms. The van der Waals surface area contributed by atoms with Crippen LogP contribution in [0.3, 0.4) is 0 Å². The minimum atomic E-state index is -0.757. The number of aliphatic hydroxyl groups is 1. The summed E-state index contributed by atoms with van der Waals surface area (Å²) < 4.78 is 10.7. The van der Waals surface area contributed by atoms with Crippen molar-refractivity contribution in [3.63, 3.8) is 0 Å². The highest BCUT2D eigenvalue weighted by Gasteiger charge is 2.39. The first-order valence-electron chi connectivity index (χ1n) is 6.76. The molecule has 0 saturated carbocycles. The summed E-state index contributed by atoms with van der Waals surface area (Å²) in [4.78, 5) is 0. The van der Waals surface area contributed by atoms with E-state index in [9.17, 15) is 5.11 Å². The van der Waals surface area contributed by atoms with E-state index in [0.29, 0.717) is 19.6 Å². The van der Waals surface area contributed by atoms with Gasteiger partial charge in [-0.25, -0.2) is 0 Å². The summed E-state index contributed by atoms with van der Waals surface area (Å²) in [5.74, 6) is 0.849. The van der Waals surface area contributed by atoms with Crippen LogP contribution < -0.4 is 10.1 Å². The van der Waals surface area contributed by atoms with Crippen molar-refractivity contribution in [3.8, 4) is 5.75 Å². The van der Waals surface area contributed by atoms with Gasteiger partial charge < -0.3 is 19.9 Å². The van der Waals surface area contributed by atoms with Gasteiger partial charge in [-0.1, -0.05) is 12.1 Å². The van der Waals surface area contributed by atoms with Gasteiger partial charge in [-0.3, -0.25) is 0 Å². The molecule has 1 heterocycles. The van der Waals surface area contributed by atoms with Gasteiger partial charge in [0, 0.05) is 25.6 Å². The van der Waals surface area contributed by atoms with Gasteiger partial charge in [-0.15, -0.1) is 0 Å². The number of hydrogen-bond acceptors (Lipinski definition) is 4. The molecule has 1 aromatic rings. The van der Waals surface area contributed by atoms with Crippen LogP contribution in [0.1, 0.15) is 31.9 Å². The second-order valence-electron chi connectivity index (χ2n) is 5.25. The van der Waals surface area contributed by atoms with Crippen LogP contribution in [-0.2, 0) is 4.74 Å². The van der Waals surface area contributed by atoms with Crippen LogP contribution in [-0.4, -0.2) is 37.1 Å². The van der Waals surface area contributed by atoms with Crippen molar-refractivity contribution in [1.82, 2.24) is 5.32 Å². The van der Waals surface area contributed by atoms with Crippen molar-refractivity contribution < 1.29 is 14.6 Å². The van der Waals surface area contributed by atoms with E-state index in [1.165, 1.54) is 0 Å². The smallest absolute Gasteiger partial charge is 0.119 e. The van der Waals surface area contributed by atoms with E-state index in [1.54, 1.807) is 7.11 Å². The fourth-order valence-corrected chi connectivity index (χ4v) is 2.36. The quantitative estimate of drug-likeness (QED) is 0.853. The Bertz CT molecular complexity index is 424. The lowest BCUT2D eigenvalue weighted by Gasteiger charge is -2.28. The molecule has 1 aromatic carbocycles. The van der Waals surface area contributed by atoms with Gasteiger partial charge in [0.1, 0.15) is 11.4 Å². The first-order chi connectivity index (χ1) is 9.05. The Morgan fingerprint density at radius 1 is 1.58 bits per heavy atom. The van der Waals surface area contributed by atoms with Crippen LogP contribution in [0.15, 0.2) is 24.3 Å². The molecule has 2 N–H and O–H groups in total. The van der Waals surface area contributed by atoms with Crippen molar-refractivity contribution >= 4 is 0 Å². The van der Waals surface area contributed by atoms with Crippen molar-refractivity contribution in [2.45, 2.75) is 38.0 Å². The molecule has 4 nitrogen and oxygen atoms in total. The van der Waals surface area contributed by atoms with E-state index in [4.69, 9.17) is 9.47 Å². The highest BCUT2D eigenvalue weighted by Crippen LogP contribution is 2.26. The van der Waals surface area contributed by atoms with E-state index >= 15 is 0 Å². The van der Waals surface area contributed by atoms with Crippen molar-refractivity contribution in [2.75, 3.05) is 20.3 Å². The monoisotopic (exact) mass is 265 g/mol. The summed E-state index contributed by atoms with van der Waals surface area (Å²) in [6.07, 6.45) is 0.573. The van der Waals surface area contributed by atoms with Crippen LogP contribution in [0.2, 0.25) is 0 Å². The predicted octanol–water partition coefficient (Wildman–Crippen LogP) is 1.89. The molecular formula is C15H23NO3. The summed E-state index contributed by atoms with van der Waals surface area (Å²) in [6, 6.07) is 8.13. The SMILES string of the molecule is COc1cccc(C(C)NCC2(O)CCOC2C)c1. The zero-order valence-electron chi connectivity index (χ0n) is 11.8. The second-order valence-corrected chi connectivity index (χ2v) is 5.25. The molecule has 1 fully saturated rings. The number of methoxy groups -OCH3 is 1. The summed E-state index contributed by atoms with van der Waals surface area (Å²) in [7, 11) is 1.66. The summed E-state index contributed by atoms with van der Waals surface area (Å²) in [5, 5.41) is 13.8. The lowest BCUT2D eigenvalue weighted by atomic mass is 9.96. The Morgan fingerprint density at radius 2 is 2.37 bits per heavy atom. The Kier molecular flexibility index (Phi) is 4.45. The molecule has 0 aromatic heterocycles. The predicted molar refractivity (Wildman–Crippen MR) is 74.4 cm³/mol. The van der Waals surface area contributed by atoms with Gasteiger partial charge in [-0.2, -0.15) is 0 Å². The Morgan fingerprint density at radius 3 is 3.00 bits per heavy atom. The molecule has 1 aliphatic heterocycles. The van der Waals surface area contributed by atoms with Crippen LogP contribution in [0.5, 0.6) is 5.75 Å². The van der Waals surface area contributed by atoms with E-state index < -0.39 is 5.60 Å². The Hall–Kier alpha value is -1.10. The fourth-order valence-electron chi connectivity index (χ4n) is 2.36. The molecule has 1 aliphatic rings. The summed E-state index contributed by atoms with van der Waals surface area (Å²) in [6.45, 7) is 5.17. The van der Waals surface area contributed by atoms with Crippen LogP contribution in [0.25, 0.3) is 0 Å². The molecule has 19 heavy (non-hydrogen) atoms. The zero-order chi connectivity index (χ0) is 13.9. The largest absolute Gasteiger partial charge is 0.497 e. The molecule has 106 valence electrons. The van der Waals surface area contributed by atoms with Crippen LogP contribution in [0, 0.1) is 0 Å². The molecule has 1 saturated heterocycles. The van der Waals surface area contributed by atoms with E-state index in [1.807, 2.05) is 25.1 Å². The number of rotatable bonds is 5. The molecule has 0 bridgehead atoms. The number of hydrogen-bond donors (Lipinski definition) is 2. The molecule has 0 radical (unpaired) electrons. The van der Waals surface area contributed by atoms with Crippen molar-refractivity contribution in [3.05, 3.63) is 29.8 Å².